The van der Waals surface area contributed by atoms with E-state index < -0.39 is 0 Å². The first-order valence-corrected chi connectivity index (χ1v) is 10.8. The third kappa shape index (κ3) is 5.80. The van der Waals surface area contributed by atoms with Crippen molar-refractivity contribution in [2.75, 3.05) is 52.5 Å². The second-order valence-corrected chi connectivity index (χ2v) is 8.32. The molecule has 2 heterocycles. The molecule has 0 bridgehead atoms. The minimum absolute atomic E-state index is 0. The summed E-state index contributed by atoms with van der Waals surface area (Å²) in [6, 6.07) is 8.05. The third-order valence-electron chi connectivity index (χ3n) is 6.67. The number of nitrogens with zero attached hydrogens (tertiary/aromatic N) is 1. The van der Waals surface area contributed by atoms with E-state index in [0.717, 1.165) is 70.1 Å². The number of carbonyl (C=O) groups is 1. The summed E-state index contributed by atoms with van der Waals surface area (Å²) < 4.78 is 11.4. The van der Waals surface area contributed by atoms with E-state index in [1.165, 1.54) is 12.8 Å². The zero-order valence-electron chi connectivity index (χ0n) is 17.6. The Hall–Kier alpha value is -1.05. The molecule has 3 fully saturated rings. The Morgan fingerprint density at radius 2 is 2.03 bits per heavy atom. The molecule has 3 aliphatic rings. The molecule has 2 atom stereocenters. The van der Waals surface area contributed by atoms with Gasteiger partial charge in [0.1, 0.15) is 12.4 Å². The van der Waals surface area contributed by atoms with Gasteiger partial charge >= 0.3 is 0 Å². The zero-order valence-corrected chi connectivity index (χ0v) is 19.2. The first-order valence-electron chi connectivity index (χ1n) is 10.8. The second kappa shape index (κ2) is 12.1. The normalized spacial score (nSPS) is 26.1. The fourth-order valence-electron chi connectivity index (χ4n) is 4.94. The molecule has 2 N–H and O–H groups in total. The molecule has 4 rings (SSSR count). The summed E-state index contributed by atoms with van der Waals surface area (Å²) in [5, 5.41) is 6.68. The van der Waals surface area contributed by atoms with Crippen molar-refractivity contribution in [1.29, 1.82) is 0 Å². The topological polar surface area (TPSA) is 62.8 Å². The maximum atomic E-state index is 13.1. The van der Waals surface area contributed by atoms with Crippen LogP contribution in [0.2, 0.25) is 0 Å². The van der Waals surface area contributed by atoms with Gasteiger partial charge in [0.2, 0.25) is 5.91 Å². The number of para-hydroxylation sites is 1. The lowest BCUT2D eigenvalue weighted by Gasteiger charge is -2.37. The van der Waals surface area contributed by atoms with E-state index in [1.54, 1.807) is 0 Å². The molecule has 1 saturated carbocycles. The molecule has 1 aliphatic carbocycles. The fourth-order valence-corrected chi connectivity index (χ4v) is 4.94. The van der Waals surface area contributed by atoms with Gasteiger partial charge in [-0.05, 0) is 31.4 Å². The Morgan fingerprint density at radius 3 is 2.87 bits per heavy atom. The molecule has 6 nitrogen and oxygen atoms in total. The van der Waals surface area contributed by atoms with E-state index in [9.17, 15) is 4.79 Å². The quantitative estimate of drug-likeness (QED) is 0.655. The average molecular weight is 460 g/mol. The molecule has 2 aliphatic heterocycles. The number of hydrogen-bond donors (Lipinski definition) is 2. The molecule has 0 radical (unpaired) electrons. The van der Waals surface area contributed by atoms with E-state index in [1.807, 2.05) is 24.3 Å². The molecule has 1 amide bonds. The highest BCUT2D eigenvalue weighted by atomic mass is 35.5. The van der Waals surface area contributed by atoms with Gasteiger partial charge in [0.15, 0.2) is 0 Å². The summed E-state index contributed by atoms with van der Waals surface area (Å²) in [7, 11) is 0. The Morgan fingerprint density at radius 1 is 1.23 bits per heavy atom. The fraction of sp³-hybridized carbons (Fsp3) is 0.682. The van der Waals surface area contributed by atoms with E-state index in [-0.39, 0.29) is 36.1 Å². The number of halogens is 2. The van der Waals surface area contributed by atoms with Crippen LogP contribution in [-0.2, 0) is 16.1 Å². The monoisotopic (exact) mass is 459 g/mol. The summed E-state index contributed by atoms with van der Waals surface area (Å²) in [6.07, 6.45) is 4.59. The Kier molecular flexibility index (Phi) is 10.2. The van der Waals surface area contributed by atoms with Gasteiger partial charge in [-0.25, -0.2) is 0 Å². The molecule has 170 valence electrons. The van der Waals surface area contributed by atoms with Crippen molar-refractivity contribution < 1.29 is 14.3 Å². The minimum Gasteiger partial charge on any atom is -0.492 e. The molecule has 0 spiro atoms. The number of rotatable bonds is 7. The number of benzene rings is 1. The second-order valence-electron chi connectivity index (χ2n) is 8.32. The van der Waals surface area contributed by atoms with E-state index in [0.29, 0.717) is 19.1 Å². The van der Waals surface area contributed by atoms with Crippen molar-refractivity contribution in [2.45, 2.75) is 32.2 Å². The highest BCUT2D eigenvalue weighted by Gasteiger charge is 2.49. The van der Waals surface area contributed by atoms with Crippen LogP contribution in [-0.4, -0.2) is 63.4 Å². The lowest BCUT2D eigenvalue weighted by atomic mass is 9.67. The van der Waals surface area contributed by atoms with Crippen molar-refractivity contribution in [2.24, 2.45) is 11.3 Å². The summed E-state index contributed by atoms with van der Waals surface area (Å²) in [4.78, 5) is 15.5. The Balaban J connectivity index is 0.00000160. The van der Waals surface area contributed by atoms with Crippen LogP contribution >= 0.6 is 24.8 Å². The van der Waals surface area contributed by atoms with Crippen LogP contribution in [0.4, 0.5) is 0 Å². The maximum Gasteiger partial charge on any atom is 0.228 e. The maximum absolute atomic E-state index is 13.1. The predicted molar refractivity (Wildman–Crippen MR) is 123 cm³/mol. The SMILES string of the molecule is Cl.Cl.O=C(NCc1ccccc1OCCN1CCOCC1)[C@@]12CCCC[C@H]1CNC2. The predicted octanol–water partition coefficient (Wildman–Crippen LogP) is 2.64. The Bertz CT molecular complexity index is 673. The first-order chi connectivity index (χ1) is 13.8. The third-order valence-corrected chi connectivity index (χ3v) is 6.67. The number of nitrogens with one attached hydrogen (secondary N) is 2. The lowest BCUT2D eigenvalue weighted by Crippen LogP contribution is -2.47. The summed E-state index contributed by atoms with van der Waals surface area (Å²) in [5.41, 5.74) is 0.845. The van der Waals surface area contributed by atoms with Crippen LogP contribution in [0.25, 0.3) is 0 Å². The van der Waals surface area contributed by atoms with E-state index in [2.05, 4.69) is 15.5 Å². The van der Waals surface area contributed by atoms with Crippen LogP contribution in [0.5, 0.6) is 5.75 Å². The van der Waals surface area contributed by atoms with Gasteiger partial charge < -0.3 is 20.1 Å². The molecular weight excluding hydrogens is 425 g/mol. The van der Waals surface area contributed by atoms with Crippen molar-refractivity contribution >= 4 is 30.7 Å². The van der Waals surface area contributed by atoms with Crippen LogP contribution in [0.1, 0.15) is 31.2 Å². The molecule has 0 unspecified atom stereocenters. The highest BCUT2D eigenvalue weighted by molar-refractivity contribution is 5.85. The molecule has 1 aromatic carbocycles. The van der Waals surface area contributed by atoms with Crippen molar-refractivity contribution in [3.05, 3.63) is 29.8 Å². The summed E-state index contributed by atoms with van der Waals surface area (Å²) in [5.74, 6) is 1.57. The summed E-state index contributed by atoms with van der Waals surface area (Å²) in [6.45, 7) is 7.44. The van der Waals surface area contributed by atoms with Crippen molar-refractivity contribution in [1.82, 2.24) is 15.5 Å². The molecular formula is C22H35Cl2N3O3. The number of ether oxygens (including phenoxy) is 2. The molecule has 8 heteroatoms. The number of carbonyl (C=O) groups excluding carboxylic acids is 1. The van der Waals surface area contributed by atoms with E-state index in [4.69, 9.17) is 9.47 Å². The lowest BCUT2D eigenvalue weighted by molar-refractivity contribution is -0.134. The van der Waals surface area contributed by atoms with Gasteiger partial charge in [0.25, 0.3) is 0 Å². The number of hydrogen-bond acceptors (Lipinski definition) is 5. The zero-order chi connectivity index (χ0) is 19.2. The molecule has 30 heavy (non-hydrogen) atoms. The molecule has 0 aromatic heterocycles. The van der Waals surface area contributed by atoms with Crippen LogP contribution < -0.4 is 15.4 Å². The highest BCUT2D eigenvalue weighted by Crippen LogP contribution is 2.44. The standard InChI is InChI=1S/C22H33N3O3.2ClH/c26-21(22-8-4-3-6-19(22)16-23-17-22)24-15-18-5-1-2-7-20(18)28-14-11-25-9-12-27-13-10-25;;/h1-2,5,7,19,23H,3-4,6,8-17H2,(H,24,26);2*1H/t19-,22+;;/m0../s1. The summed E-state index contributed by atoms with van der Waals surface area (Å²) >= 11 is 0. The van der Waals surface area contributed by atoms with Crippen LogP contribution in [0.3, 0.4) is 0 Å². The van der Waals surface area contributed by atoms with Gasteiger partial charge in [0, 0.05) is 38.3 Å². The molecule has 2 saturated heterocycles. The van der Waals surface area contributed by atoms with Gasteiger partial charge in [0.05, 0.1) is 18.6 Å². The molecule has 1 aromatic rings. The smallest absolute Gasteiger partial charge is 0.228 e. The first kappa shape index (κ1) is 25.2. The van der Waals surface area contributed by atoms with Gasteiger partial charge in [-0.1, -0.05) is 31.0 Å². The van der Waals surface area contributed by atoms with Crippen molar-refractivity contribution in [3.63, 3.8) is 0 Å². The average Bonchev–Trinajstić information content (AvgIpc) is 3.19. The number of fused-ring (bicyclic) bond motifs is 1. The van der Waals surface area contributed by atoms with Crippen molar-refractivity contribution in [3.8, 4) is 5.75 Å². The van der Waals surface area contributed by atoms with Gasteiger partial charge in [-0.3, -0.25) is 9.69 Å². The van der Waals surface area contributed by atoms with E-state index >= 15 is 0 Å². The largest absolute Gasteiger partial charge is 0.492 e. The van der Waals surface area contributed by atoms with Crippen LogP contribution in [0, 0.1) is 11.3 Å². The van der Waals surface area contributed by atoms with Gasteiger partial charge in [-0.15, -0.1) is 24.8 Å². The van der Waals surface area contributed by atoms with Gasteiger partial charge in [-0.2, -0.15) is 0 Å². The van der Waals surface area contributed by atoms with Crippen LogP contribution in [0.15, 0.2) is 24.3 Å². The minimum atomic E-state index is -0.204. The number of morpholine rings is 1. The Labute approximate surface area is 192 Å². The number of amides is 1.